The van der Waals surface area contributed by atoms with Crippen molar-refractivity contribution in [1.29, 1.82) is 0 Å². The zero-order chi connectivity index (χ0) is 14.5. The van der Waals surface area contributed by atoms with Gasteiger partial charge in [-0.25, -0.2) is 18.2 Å². The number of aromatic nitrogens is 2. The van der Waals surface area contributed by atoms with Gasteiger partial charge in [0.15, 0.2) is 15.5 Å². The first kappa shape index (κ1) is 13.6. The molecule has 2 unspecified atom stereocenters. The highest BCUT2D eigenvalue weighted by molar-refractivity contribution is 7.91. The predicted molar refractivity (Wildman–Crippen MR) is 69.4 cm³/mol. The molecule has 2 aliphatic rings. The number of rotatable bonds is 2. The van der Waals surface area contributed by atoms with E-state index in [0.717, 1.165) is 0 Å². The van der Waals surface area contributed by atoms with E-state index in [1.165, 1.54) is 0 Å². The van der Waals surface area contributed by atoms with Crippen molar-refractivity contribution in [3.63, 3.8) is 0 Å². The summed E-state index contributed by atoms with van der Waals surface area (Å²) in [5.41, 5.74) is 0.457. The molecule has 0 aliphatic carbocycles. The van der Waals surface area contributed by atoms with Crippen molar-refractivity contribution in [2.75, 3.05) is 11.5 Å². The normalized spacial score (nSPS) is 28.2. The van der Waals surface area contributed by atoms with Crippen molar-refractivity contribution < 1.29 is 23.4 Å². The molecule has 3 heterocycles. The molecular weight excluding hydrogens is 284 g/mol. The number of aromatic carboxylic acids is 1. The molecular formula is C12H16N2O5S. The van der Waals surface area contributed by atoms with E-state index in [9.17, 15) is 23.4 Å². The second-order valence-electron chi connectivity index (χ2n) is 5.41. The first-order valence-corrected chi connectivity index (χ1v) is 8.44. The van der Waals surface area contributed by atoms with Crippen LogP contribution in [0.25, 0.3) is 0 Å². The first-order chi connectivity index (χ1) is 9.39. The van der Waals surface area contributed by atoms with Gasteiger partial charge < -0.3 is 14.8 Å². The van der Waals surface area contributed by atoms with Gasteiger partial charge in [-0.15, -0.1) is 0 Å². The van der Waals surface area contributed by atoms with Crippen molar-refractivity contribution in [3.05, 3.63) is 17.2 Å². The SMILES string of the molecule is O=C(O)c1nc(C2CCS(=O)(=O)C2)n2c1CCCC2O. The maximum atomic E-state index is 11.6. The van der Waals surface area contributed by atoms with Crippen molar-refractivity contribution in [1.82, 2.24) is 9.55 Å². The van der Waals surface area contributed by atoms with Crippen LogP contribution in [0.1, 0.15) is 53.4 Å². The second-order valence-corrected chi connectivity index (χ2v) is 7.64. The zero-order valence-electron chi connectivity index (χ0n) is 10.8. The van der Waals surface area contributed by atoms with Gasteiger partial charge in [-0.2, -0.15) is 0 Å². The average Bonchev–Trinajstić information content (AvgIpc) is 2.90. The van der Waals surface area contributed by atoms with Gasteiger partial charge in [-0.1, -0.05) is 0 Å². The third-order valence-electron chi connectivity index (χ3n) is 4.01. The summed E-state index contributed by atoms with van der Waals surface area (Å²) in [7, 11) is -3.08. The third kappa shape index (κ3) is 2.12. The maximum Gasteiger partial charge on any atom is 0.356 e. The molecule has 0 amide bonds. The summed E-state index contributed by atoms with van der Waals surface area (Å²) in [5.74, 6) is -0.964. The minimum Gasteiger partial charge on any atom is -0.476 e. The van der Waals surface area contributed by atoms with Crippen molar-refractivity contribution >= 4 is 15.8 Å². The number of imidazole rings is 1. The lowest BCUT2D eigenvalue weighted by molar-refractivity contribution is 0.0674. The molecule has 1 aromatic heterocycles. The molecule has 8 heteroatoms. The molecule has 1 fully saturated rings. The number of aliphatic hydroxyl groups excluding tert-OH is 1. The largest absolute Gasteiger partial charge is 0.476 e. The van der Waals surface area contributed by atoms with Crippen LogP contribution in [0.3, 0.4) is 0 Å². The first-order valence-electron chi connectivity index (χ1n) is 6.62. The van der Waals surface area contributed by atoms with E-state index in [0.29, 0.717) is 37.2 Å². The lowest BCUT2D eigenvalue weighted by atomic mass is 10.1. The Morgan fingerprint density at radius 3 is 2.70 bits per heavy atom. The van der Waals surface area contributed by atoms with Crippen LogP contribution in [0.15, 0.2) is 0 Å². The maximum absolute atomic E-state index is 11.6. The molecule has 0 bridgehead atoms. The van der Waals surface area contributed by atoms with E-state index in [2.05, 4.69) is 4.98 Å². The molecule has 20 heavy (non-hydrogen) atoms. The van der Waals surface area contributed by atoms with Gasteiger partial charge in [0.25, 0.3) is 0 Å². The highest BCUT2D eigenvalue weighted by Crippen LogP contribution is 2.35. The summed E-state index contributed by atoms with van der Waals surface area (Å²) < 4.78 is 24.7. The number of sulfone groups is 1. The smallest absolute Gasteiger partial charge is 0.356 e. The van der Waals surface area contributed by atoms with Gasteiger partial charge in [0.2, 0.25) is 0 Å². The Hall–Kier alpha value is -1.41. The Bertz CT molecular complexity index is 664. The summed E-state index contributed by atoms with van der Waals surface area (Å²) in [4.78, 5) is 15.4. The Kier molecular flexibility index (Phi) is 3.09. The summed E-state index contributed by atoms with van der Waals surface area (Å²) in [5, 5.41) is 19.3. The van der Waals surface area contributed by atoms with Crippen LogP contribution in [0, 0.1) is 0 Å². The molecule has 0 radical (unpaired) electrons. The molecule has 1 saturated heterocycles. The number of aliphatic hydroxyl groups is 1. The number of nitrogens with zero attached hydrogens (tertiary/aromatic N) is 2. The molecule has 0 aromatic carbocycles. The van der Waals surface area contributed by atoms with Crippen LogP contribution in [0.5, 0.6) is 0 Å². The van der Waals surface area contributed by atoms with E-state index in [4.69, 9.17) is 0 Å². The molecule has 3 rings (SSSR count). The number of carbonyl (C=O) groups is 1. The number of fused-ring (bicyclic) bond motifs is 1. The lowest BCUT2D eigenvalue weighted by Gasteiger charge is -2.24. The van der Waals surface area contributed by atoms with Crippen LogP contribution in [0.4, 0.5) is 0 Å². The highest BCUT2D eigenvalue weighted by atomic mass is 32.2. The number of carboxylic acid groups (broad SMARTS) is 1. The molecule has 2 N–H and O–H groups in total. The quantitative estimate of drug-likeness (QED) is 0.813. The highest BCUT2D eigenvalue weighted by Gasteiger charge is 2.37. The molecule has 0 saturated carbocycles. The molecule has 110 valence electrons. The molecule has 0 spiro atoms. The minimum atomic E-state index is -3.08. The molecule has 1 aromatic rings. The van der Waals surface area contributed by atoms with Crippen molar-refractivity contribution in [2.45, 2.75) is 37.8 Å². The van der Waals surface area contributed by atoms with Gasteiger partial charge in [0.05, 0.1) is 17.2 Å². The fourth-order valence-electron chi connectivity index (χ4n) is 3.10. The van der Waals surface area contributed by atoms with Crippen LogP contribution < -0.4 is 0 Å². The Labute approximate surface area is 116 Å². The topological polar surface area (TPSA) is 109 Å². The van der Waals surface area contributed by atoms with E-state index >= 15 is 0 Å². The van der Waals surface area contributed by atoms with E-state index < -0.39 is 22.0 Å². The predicted octanol–water partition coefficient (Wildman–Crippen LogP) is 0.311. The van der Waals surface area contributed by atoms with E-state index in [1.54, 1.807) is 4.57 Å². The summed E-state index contributed by atoms with van der Waals surface area (Å²) in [6.07, 6.45) is 1.41. The number of hydrogen-bond acceptors (Lipinski definition) is 5. The van der Waals surface area contributed by atoms with Gasteiger partial charge >= 0.3 is 5.97 Å². The molecule has 2 aliphatic heterocycles. The minimum absolute atomic E-state index is 0.0186. The van der Waals surface area contributed by atoms with Gasteiger partial charge in [0.1, 0.15) is 12.1 Å². The standard InChI is InChI=1S/C12H16N2O5S/c15-9-3-1-2-8-10(12(16)17)13-11(14(8)9)7-4-5-20(18,19)6-7/h7,9,15H,1-6H2,(H,16,17). The van der Waals surface area contributed by atoms with Crippen LogP contribution >= 0.6 is 0 Å². The van der Waals surface area contributed by atoms with Crippen molar-refractivity contribution in [2.24, 2.45) is 0 Å². The summed E-state index contributed by atoms with van der Waals surface area (Å²) in [6.45, 7) is 0. The lowest BCUT2D eigenvalue weighted by Crippen LogP contribution is -2.22. The Morgan fingerprint density at radius 1 is 1.35 bits per heavy atom. The Morgan fingerprint density at radius 2 is 2.10 bits per heavy atom. The van der Waals surface area contributed by atoms with Crippen LogP contribution in [-0.4, -0.2) is 45.7 Å². The summed E-state index contributed by atoms with van der Waals surface area (Å²) >= 11 is 0. The fourth-order valence-corrected chi connectivity index (χ4v) is 4.83. The van der Waals surface area contributed by atoms with Crippen LogP contribution in [0.2, 0.25) is 0 Å². The second kappa shape index (κ2) is 4.56. The third-order valence-corrected chi connectivity index (χ3v) is 5.78. The number of carboxylic acids is 1. The number of hydrogen-bond donors (Lipinski definition) is 2. The van der Waals surface area contributed by atoms with Gasteiger partial charge in [0, 0.05) is 5.92 Å². The van der Waals surface area contributed by atoms with Crippen LogP contribution in [-0.2, 0) is 16.3 Å². The van der Waals surface area contributed by atoms with Gasteiger partial charge in [-0.05, 0) is 25.7 Å². The zero-order valence-corrected chi connectivity index (χ0v) is 11.6. The van der Waals surface area contributed by atoms with E-state index in [1.807, 2.05) is 0 Å². The molecule has 7 nitrogen and oxygen atoms in total. The molecule has 2 atom stereocenters. The van der Waals surface area contributed by atoms with E-state index in [-0.39, 0.29) is 23.1 Å². The van der Waals surface area contributed by atoms with Gasteiger partial charge in [-0.3, -0.25) is 0 Å². The summed E-state index contributed by atoms with van der Waals surface area (Å²) in [6, 6.07) is 0. The fraction of sp³-hybridized carbons (Fsp3) is 0.667. The van der Waals surface area contributed by atoms with Crippen molar-refractivity contribution in [3.8, 4) is 0 Å². The average molecular weight is 300 g/mol. The monoisotopic (exact) mass is 300 g/mol. The Balaban J connectivity index is 2.09.